The molecule has 2 atom stereocenters. The molecule has 0 spiro atoms. The minimum absolute atomic E-state index is 0.256. The summed E-state index contributed by atoms with van der Waals surface area (Å²) in [6.07, 6.45) is 3.77. The van der Waals surface area contributed by atoms with Crippen molar-refractivity contribution in [2.24, 2.45) is 5.73 Å². The van der Waals surface area contributed by atoms with Gasteiger partial charge in [-0.2, -0.15) is 0 Å². The number of benzene rings is 2. The van der Waals surface area contributed by atoms with E-state index in [1.54, 1.807) is 31.5 Å². The lowest BCUT2D eigenvalue weighted by Gasteiger charge is -2.24. The van der Waals surface area contributed by atoms with Crippen LogP contribution in [0.25, 0.3) is 22.2 Å². The normalized spacial score (nSPS) is 19.7. The quantitative estimate of drug-likeness (QED) is 0.462. The molecule has 1 amide bonds. The van der Waals surface area contributed by atoms with Gasteiger partial charge in [-0.15, -0.1) is 5.92 Å². The lowest BCUT2D eigenvalue weighted by molar-refractivity contribution is 0.0734. The lowest BCUT2D eigenvalue weighted by Crippen LogP contribution is -2.30. The molecule has 0 fully saturated rings. The van der Waals surface area contributed by atoms with Crippen LogP contribution in [0, 0.1) is 11.8 Å². The number of ether oxygens (including phenoxy) is 1. The molecular weight excluding hydrogens is 440 g/mol. The maximum Gasteiger partial charge on any atom is 0.316 e. The summed E-state index contributed by atoms with van der Waals surface area (Å²) in [6.45, 7) is -0.195. The SMILES string of the molecule is [2H]C([2H])([2H])N1C(=O)c2cccc(C#CC)c2[C@H]2C[C@@H]1c1nc3ccc(-c4cnc(OCCN)nc4)cc3n12. The Bertz CT molecular complexity index is 1640. The van der Waals surface area contributed by atoms with Crippen molar-refractivity contribution >= 4 is 16.9 Å². The molecular formula is C27H24N6O2. The Morgan fingerprint density at radius 1 is 1.20 bits per heavy atom. The Kier molecular flexibility index (Phi) is 4.26. The van der Waals surface area contributed by atoms with Crippen LogP contribution in [-0.4, -0.2) is 50.5 Å². The summed E-state index contributed by atoms with van der Waals surface area (Å²) in [7, 11) is 0. The molecule has 6 rings (SSSR count). The molecule has 2 aromatic heterocycles. The third-order valence-electron chi connectivity index (χ3n) is 6.54. The molecule has 2 bridgehead atoms. The van der Waals surface area contributed by atoms with E-state index >= 15 is 0 Å². The molecule has 8 heteroatoms. The van der Waals surface area contributed by atoms with Crippen LogP contribution in [0.4, 0.5) is 0 Å². The number of nitrogens with two attached hydrogens (primary N) is 1. The summed E-state index contributed by atoms with van der Waals surface area (Å²) < 4.78 is 32.1. The first-order valence-corrected chi connectivity index (χ1v) is 11.4. The van der Waals surface area contributed by atoms with Gasteiger partial charge in [0.2, 0.25) is 0 Å². The van der Waals surface area contributed by atoms with E-state index in [4.69, 9.17) is 19.6 Å². The van der Waals surface area contributed by atoms with Crippen molar-refractivity contribution in [3.05, 3.63) is 71.3 Å². The average molecular weight is 468 g/mol. The van der Waals surface area contributed by atoms with Crippen LogP contribution in [0.1, 0.15) is 56.8 Å². The van der Waals surface area contributed by atoms with E-state index in [0.717, 1.165) is 27.1 Å². The molecule has 4 aromatic rings. The molecule has 2 aliphatic heterocycles. The number of imidazole rings is 1. The summed E-state index contributed by atoms with van der Waals surface area (Å²) in [5.74, 6) is 6.07. The van der Waals surface area contributed by atoms with Crippen LogP contribution in [0.3, 0.4) is 0 Å². The number of carbonyl (C=O) groups is 1. The Morgan fingerprint density at radius 3 is 2.83 bits per heavy atom. The second kappa shape index (κ2) is 8.22. The topological polar surface area (TPSA) is 99.2 Å². The van der Waals surface area contributed by atoms with Gasteiger partial charge >= 0.3 is 6.01 Å². The summed E-state index contributed by atoms with van der Waals surface area (Å²) in [5, 5.41) is 0. The number of nitrogens with zero attached hydrogens (tertiary/aromatic N) is 5. The van der Waals surface area contributed by atoms with Crippen LogP contribution >= 0.6 is 0 Å². The van der Waals surface area contributed by atoms with E-state index in [9.17, 15) is 4.79 Å². The zero-order chi connectivity index (χ0) is 26.6. The second-order valence-electron chi connectivity index (χ2n) is 8.52. The van der Waals surface area contributed by atoms with Crippen molar-refractivity contribution in [2.75, 3.05) is 20.1 Å². The van der Waals surface area contributed by atoms with Crippen LogP contribution in [-0.2, 0) is 0 Å². The minimum atomic E-state index is -2.64. The number of rotatable bonds is 4. The lowest BCUT2D eigenvalue weighted by atomic mass is 9.93. The van der Waals surface area contributed by atoms with Crippen molar-refractivity contribution in [1.82, 2.24) is 24.4 Å². The highest BCUT2D eigenvalue weighted by atomic mass is 16.5. The monoisotopic (exact) mass is 467 g/mol. The van der Waals surface area contributed by atoms with Crippen molar-refractivity contribution in [3.8, 4) is 29.0 Å². The molecule has 2 aromatic carbocycles. The maximum atomic E-state index is 13.6. The molecule has 0 aliphatic carbocycles. The second-order valence-corrected chi connectivity index (χ2v) is 8.52. The summed E-state index contributed by atoms with van der Waals surface area (Å²) in [6, 6.07) is 10.4. The zero-order valence-electron chi connectivity index (χ0n) is 22.0. The predicted octanol–water partition coefficient (Wildman–Crippen LogP) is 3.32. The zero-order valence-corrected chi connectivity index (χ0v) is 19.0. The average Bonchev–Trinajstić information content (AvgIpc) is 3.40. The molecule has 0 saturated carbocycles. The number of amides is 1. The number of fused-ring (bicyclic) bond motifs is 9. The summed E-state index contributed by atoms with van der Waals surface area (Å²) in [4.78, 5) is 28.0. The molecule has 2 N–H and O–H groups in total. The van der Waals surface area contributed by atoms with E-state index in [2.05, 4.69) is 26.4 Å². The first-order chi connectivity index (χ1) is 18.3. The van der Waals surface area contributed by atoms with Gasteiger partial charge in [0.25, 0.3) is 5.91 Å². The van der Waals surface area contributed by atoms with Gasteiger partial charge in [-0.3, -0.25) is 4.79 Å². The number of hydrogen-bond acceptors (Lipinski definition) is 6. The molecule has 0 saturated heterocycles. The largest absolute Gasteiger partial charge is 0.462 e. The van der Waals surface area contributed by atoms with Crippen molar-refractivity contribution in [2.45, 2.75) is 25.4 Å². The summed E-state index contributed by atoms with van der Waals surface area (Å²) >= 11 is 0. The fourth-order valence-electron chi connectivity index (χ4n) is 5.06. The van der Waals surface area contributed by atoms with E-state index in [0.29, 0.717) is 42.0 Å². The van der Waals surface area contributed by atoms with Gasteiger partial charge in [-0.25, -0.2) is 15.0 Å². The van der Waals surface area contributed by atoms with E-state index < -0.39 is 18.9 Å². The molecule has 35 heavy (non-hydrogen) atoms. The Labute approximate surface area is 207 Å². The first-order valence-electron chi connectivity index (χ1n) is 12.9. The third kappa shape index (κ3) is 3.27. The van der Waals surface area contributed by atoms with Gasteiger partial charge in [-0.05, 0) is 36.8 Å². The minimum Gasteiger partial charge on any atom is -0.462 e. The first kappa shape index (κ1) is 18.2. The van der Waals surface area contributed by atoms with Crippen molar-refractivity contribution in [3.63, 3.8) is 0 Å². The van der Waals surface area contributed by atoms with Crippen molar-refractivity contribution in [1.29, 1.82) is 0 Å². The number of hydrogen-bond donors (Lipinski definition) is 1. The highest BCUT2D eigenvalue weighted by Crippen LogP contribution is 2.48. The highest BCUT2D eigenvalue weighted by Gasteiger charge is 2.44. The van der Waals surface area contributed by atoms with Crippen LogP contribution in [0.5, 0.6) is 6.01 Å². The van der Waals surface area contributed by atoms with E-state index in [-0.39, 0.29) is 12.1 Å². The van der Waals surface area contributed by atoms with Gasteiger partial charge in [-0.1, -0.05) is 18.1 Å². The number of carbonyl (C=O) groups excluding carboxylic acids is 1. The van der Waals surface area contributed by atoms with E-state index in [1.807, 2.05) is 24.3 Å². The van der Waals surface area contributed by atoms with Crippen LogP contribution in [0.15, 0.2) is 48.8 Å². The van der Waals surface area contributed by atoms with E-state index in [1.165, 1.54) is 0 Å². The Balaban J connectivity index is 1.54. The Hall–Kier alpha value is -4.22. The van der Waals surface area contributed by atoms with Gasteiger partial charge in [0.15, 0.2) is 0 Å². The molecule has 4 heterocycles. The third-order valence-corrected chi connectivity index (χ3v) is 6.54. The van der Waals surface area contributed by atoms with Crippen LogP contribution < -0.4 is 10.5 Å². The Morgan fingerprint density at radius 2 is 2.06 bits per heavy atom. The fourth-order valence-corrected chi connectivity index (χ4v) is 5.06. The molecule has 174 valence electrons. The number of aromatic nitrogens is 4. The van der Waals surface area contributed by atoms with Gasteiger partial charge in [0, 0.05) is 58.7 Å². The standard InChI is InChI=1S/C27H24N6O2/c1-3-5-16-6-4-7-19-24(16)22-13-23(32(2)26(19)34)25-31-20-9-8-17(12-21(20)33(22)25)18-14-29-27(30-15-18)35-11-10-28/h4,6-9,12,14-15,22-23H,10-11,13,28H2,1-2H3/t22-,23-/m1/s1/i2D3. The smallest absolute Gasteiger partial charge is 0.316 e. The van der Waals surface area contributed by atoms with Crippen molar-refractivity contribution < 1.29 is 13.6 Å². The molecule has 0 unspecified atom stereocenters. The maximum absolute atomic E-state index is 13.6. The summed E-state index contributed by atoms with van der Waals surface area (Å²) in [5.41, 5.74) is 10.5. The molecule has 0 radical (unpaired) electrons. The molecule has 2 aliphatic rings. The molecule has 8 nitrogen and oxygen atoms in total. The predicted molar refractivity (Wildman–Crippen MR) is 132 cm³/mol. The van der Waals surface area contributed by atoms with Gasteiger partial charge in [0.1, 0.15) is 12.4 Å². The van der Waals surface area contributed by atoms with Gasteiger partial charge in [0.05, 0.1) is 23.1 Å². The van der Waals surface area contributed by atoms with Crippen LogP contribution in [0.2, 0.25) is 0 Å². The fraction of sp³-hybridized carbons (Fsp3) is 0.259. The highest BCUT2D eigenvalue weighted by molar-refractivity contribution is 5.98. The van der Waals surface area contributed by atoms with Gasteiger partial charge < -0.3 is 19.9 Å².